The van der Waals surface area contributed by atoms with Gasteiger partial charge in [-0.1, -0.05) is 37.3 Å². The normalized spacial score (nSPS) is 13.7. The van der Waals surface area contributed by atoms with Crippen molar-refractivity contribution in [3.05, 3.63) is 35.9 Å². The lowest BCUT2D eigenvalue weighted by Gasteiger charge is -2.17. The molecule has 1 rings (SSSR count). The van der Waals surface area contributed by atoms with E-state index in [1.54, 1.807) is 49.0 Å². The fraction of sp³-hybridized carbons (Fsp3) is 0.385. The third kappa shape index (κ3) is 4.07. The van der Waals surface area contributed by atoms with E-state index in [4.69, 9.17) is 5.11 Å². The summed E-state index contributed by atoms with van der Waals surface area (Å²) in [6, 6.07) is 7.71. The molecule has 4 nitrogen and oxygen atoms in total. The second-order valence-electron chi connectivity index (χ2n) is 4.05. The molecule has 0 saturated heterocycles. The molecule has 1 aromatic rings. The quantitative estimate of drug-likeness (QED) is 0.826. The molecule has 5 heteroatoms. The standard InChI is InChI=1S/C13H17NO3S/c1-9(8-18-2)12(15)14-11(13(16)17)10-6-4-3-5-7-10/h3-7,9,11H,8H2,1-2H3,(H,14,15)(H,16,17)/t9?,11-/m0/s1. The van der Waals surface area contributed by atoms with Crippen molar-refractivity contribution in [3.63, 3.8) is 0 Å². The summed E-state index contributed by atoms with van der Waals surface area (Å²) in [4.78, 5) is 23.0. The maximum Gasteiger partial charge on any atom is 0.330 e. The smallest absolute Gasteiger partial charge is 0.330 e. The molecule has 0 aromatic heterocycles. The molecule has 1 amide bonds. The van der Waals surface area contributed by atoms with Gasteiger partial charge in [0.2, 0.25) is 5.91 Å². The molecule has 0 spiro atoms. The van der Waals surface area contributed by atoms with E-state index >= 15 is 0 Å². The molecule has 2 N–H and O–H groups in total. The van der Waals surface area contributed by atoms with Crippen LogP contribution in [0, 0.1) is 5.92 Å². The minimum Gasteiger partial charge on any atom is -0.479 e. The van der Waals surface area contributed by atoms with Gasteiger partial charge in [0.15, 0.2) is 6.04 Å². The number of carboxylic acid groups (broad SMARTS) is 1. The molecule has 1 aromatic carbocycles. The van der Waals surface area contributed by atoms with Crippen molar-refractivity contribution in [2.45, 2.75) is 13.0 Å². The zero-order valence-corrected chi connectivity index (χ0v) is 11.2. The number of hydrogen-bond donors (Lipinski definition) is 2. The highest BCUT2D eigenvalue weighted by atomic mass is 32.2. The molecule has 98 valence electrons. The summed E-state index contributed by atoms with van der Waals surface area (Å²) in [6.07, 6.45) is 1.91. The van der Waals surface area contributed by atoms with Gasteiger partial charge in [0.25, 0.3) is 0 Å². The SMILES string of the molecule is CSCC(C)C(=O)N[C@H](C(=O)O)c1ccccc1. The minimum atomic E-state index is -1.05. The fourth-order valence-electron chi connectivity index (χ4n) is 1.54. The van der Waals surface area contributed by atoms with Crippen LogP contribution < -0.4 is 5.32 Å². The number of nitrogens with one attached hydrogen (secondary N) is 1. The second kappa shape index (κ2) is 7.06. The van der Waals surface area contributed by atoms with Crippen LogP contribution in [0.5, 0.6) is 0 Å². The van der Waals surface area contributed by atoms with Gasteiger partial charge in [0.05, 0.1) is 0 Å². The molecule has 2 atom stereocenters. The number of aliphatic carboxylic acids is 1. The number of amides is 1. The van der Waals surface area contributed by atoms with Crippen LogP contribution in [0.3, 0.4) is 0 Å². The van der Waals surface area contributed by atoms with Crippen LogP contribution in [0.25, 0.3) is 0 Å². The van der Waals surface area contributed by atoms with E-state index < -0.39 is 12.0 Å². The highest BCUT2D eigenvalue weighted by Gasteiger charge is 2.23. The average Bonchev–Trinajstić information content (AvgIpc) is 2.36. The molecule has 0 bridgehead atoms. The van der Waals surface area contributed by atoms with E-state index in [9.17, 15) is 9.59 Å². The lowest BCUT2D eigenvalue weighted by atomic mass is 10.1. The number of carboxylic acids is 1. The van der Waals surface area contributed by atoms with Crippen molar-refractivity contribution >= 4 is 23.6 Å². The predicted octanol–water partition coefficient (Wildman–Crippen LogP) is 1.93. The van der Waals surface area contributed by atoms with Crippen LogP contribution in [-0.2, 0) is 9.59 Å². The fourth-order valence-corrected chi connectivity index (χ4v) is 2.19. The molecule has 1 unspecified atom stereocenters. The zero-order chi connectivity index (χ0) is 13.5. The van der Waals surface area contributed by atoms with Crippen molar-refractivity contribution < 1.29 is 14.7 Å². The summed E-state index contributed by atoms with van der Waals surface area (Å²) in [5.74, 6) is -0.815. The van der Waals surface area contributed by atoms with Crippen molar-refractivity contribution in [1.82, 2.24) is 5.32 Å². The Balaban J connectivity index is 2.76. The van der Waals surface area contributed by atoms with Gasteiger partial charge in [-0.25, -0.2) is 4.79 Å². The minimum absolute atomic E-state index is 0.203. The van der Waals surface area contributed by atoms with E-state index in [2.05, 4.69) is 5.32 Å². The Hall–Kier alpha value is -1.49. The first-order valence-electron chi connectivity index (χ1n) is 5.63. The zero-order valence-electron chi connectivity index (χ0n) is 10.4. The number of carbonyl (C=O) groups is 2. The van der Waals surface area contributed by atoms with Gasteiger partial charge in [0, 0.05) is 11.7 Å². The topological polar surface area (TPSA) is 66.4 Å². The van der Waals surface area contributed by atoms with E-state index in [0.717, 1.165) is 0 Å². The van der Waals surface area contributed by atoms with Gasteiger partial charge in [-0.05, 0) is 11.8 Å². The molecule has 0 aliphatic carbocycles. The molecule has 0 heterocycles. The summed E-state index contributed by atoms with van der Waals surface area (Å²) in [5.41, 5.74) is 0.578. The lowest BCUT2D eigenvalue weighted by Crippen LogP contribution is -2.37. The van der Waals surface area contributed by atoms with E-state index in [0.29, 0.717) is 11.3 Å². The lowest BCUT2D eigenvalue weighted by molar-refractivity contribution is -0.142. The number of rotatable bonds is 6. The van der Waals surface area contributed by atoms with Gasteiger partial charge in [-0.15, -0.1) is 0 Å². The number of thioether (sulfide) groups is 1. The van der Waals surface area contributed by atoms with Crippen LogP contribution in [0.2, 0.25) is 0 Å². The molecule has 0 aliphatic rings. The third-order valence-electron chi connectivity index (χ3n) is 2.53. The van der Waals surface area contributed by atoms with E-state index in [1.165, 1.54) is 0 Å². The Labute approximate surface area is 111 Å². The van der Waals surface area contributed by atoms with Crippen molar-refractivity contribution in [3.8, 4) is 0 Å². The summed E-state index contributed by atoms with van der Waals surface area (Å²) in [6.45, 7) is 1.79. The maximum atomic E-state index is 11.8. The third-order valence-corrected chi connectivity index (χ3v) is 3.36. The first-order valence-corrected chi connectivity index (χ1v) is 7.02. The number of benzene rings is 1. The van der Waals surface area contributed by atoms with Crippen LogP contribution in [0.15, 0.2) is 30.3 Å². The maximum absolute atomic E-state index is 11.8. The number of hydrogen-bond acceptors (Lipinski definition) is 3. The molecule has 0 saturated carbocycles. The highest BCUT2D eigenvalue weighted by molar-refractivity contribution is 7.98. The first-order chi connectivity index (χ1) is 8.56. The van der Waals surface area contributed by atoms with Gasteiger partial charge in [-0.3, -0.25) is 4.79 Å². The Morgan fingerprint density at radius 3 is 2.44 bits per heavy atom. The summed E-state index contributed by atoms with van der Waals surface area (Å²) in [5, 5.41) is 11.7. The van der Waals surface area contributed by atoms with Crippen LogP contribution in [0.4, 0.5) is 0 Å². The molecule has 0 radical (unpaired) electrons. The molecular formula is C13H17NO3S. The Bertz CT molecular complexity index is 408. The largest absolute Gasteiger partial charge is 0.479 e. The molecule has 18 heavy (non-hydrogen) atoms. The van der Waals surface area contributed by atoms with Gasteiger partial charge < -0.3 is 10.4 Å². The monoisotopic (exact) mass is 267 g/mol. The Morgan fingerprint density at radius 2 is 1.94 bits per heavy atom. The van der Waals surface area contributed by atoms with Crippen molar-refractivity contribution in [1.29, 1.82) is 0 Å². The highest BCUT2D eigenvalue weighted by Crippen LogP contribution is 2.14. The van der Waals surface area contributed by atoms with Gasteiger partial charge in [-0.2, -0.15) is 11.8 Å². The van der Waals surface area contributed by atoms with E-state index in [-0.39, 0.29) is 11.8 Å². The van der Waals surface area contributed by atoms with E-state index in [1.807, 2.05) is 6.26 Å². The van der Waals surface area contributed by atoms with Gasteiger partial charge >= 0.3 is 5.97 Å². The first kappa shape index (κ1) is 14.6. The van der Waals surface area contributed by atoms with Crippen molar-refractivity contribution in [2.75, 3.05) is 12.0 Å². The van der Waals surface area contributed by atoms with Crippen LogP contribution in [0.1, 0.15) is 18.5 Å². The Kier molecular flexibility index (Phi) is 5.71. The molecule has 0 fully saturated rings. The predicted molar refractivity (Wildman–Crippen MR) is 72.5 cm³/mol. The second-order valence-corrected chi connectivity index (χ2v) is 4.96. The summed E-state index contributed by atoms with van der Waals surface area (Å²) >= 11 is 1.56. The number of carbonyl (C=O) groups excluding carboxylic acids is 1. The molecular weight excluding hydrogens is 250 g/mol. The van der Waals surface area contributed by atoms with Gasteiger partial charge in [0.1, 0.15) is 0 Å². The van der Waals surface area contributed by atoms with Crippen LogP contribution in [-0.4, -0.2) is 29.0 Å². The molecule has 0 aliphatic heterocycles. The Morgan fingerprint density at radius 1 is 1.33 bits per heavy atom. The summed E-state index contributed by atoms with van der Waals surface area (Å²) in [7, 11) is 0. The summed E-state index contributed by atoms with van der Waals surface area (Å²) < 4.78 is 0. The van der Waals surface area contributed by atoms with Crippen molar-refractivity contribution in [2.24, 2.45) is 5.92 Å². The van der Waals surface area contributed by atoms with Crippen LogP contribution >= 0.6 is 11.8 Å². The average molecular weight is 267 g/mol.